The van der Waals surface area contributed by atoms with Gasteiger partial charge in [0, 0.05) is 12.1 Å². The number of rotatable bonds is 5. The second-order valence-corrected chi connectivity index (χ2v) is 9.22. The molecule has 0 spiro atoms. The van der Waals surface area contributed by atoms with Gasteiger partial charge in [0.2, 0.25) is 0 Å². The first-order valence-corrected chi connectivity index (χ1v) is 11.7. The topological polar surface area (TPSA) is 79.4 Å². The Morgan fingerprint density at radius 3 is 2.69 bits per heavy atom. The van der Waals surface area contributed by atoms with Crippen LogP contribution in [0.5, 0.6) is 0 Å². The van der Waals surface area contributed by atoms with E-state index in [1.165, 1.54) is 28.2 Å². The monoisotopic (exact) mass is 425 g/mol. The number of nitrogens with one attached hydrogen (secondary N) is 1. The summed E-state index contributed by atoms with van der Waals surface area (Å²) < 4.78 is 27.8. The molecular weight excluding hydrogens is 406 g/mol. The molecule has 2 aromatic carbocycles. The summed E-state index contributed by atoms with van der Waals surface area (Å²) >= 11 is 1.51. The summed E-state index contributed by atoms with van der Waals surface area (Å²) in [7, 11) is -3.75. The Morgan fingerprint density at radius 1 is 1.10 bits per heavy atom. The first-order valence-electron chi connectivity index (χ1n) is 9.01. The molecule has 0 saturated heterocycles. The molecule has 1 aromatic heterocycles. The molecule has 0 saturated carbocycles. The Balaban J connectivity index is 1.59. The lowest BCUT2D eigenvalue weighted by Crippen LogP contribution is -2.29. The molecule has 29 heavy (non-hydrogen) atoms. The summed E-state index contributed by atoms with van der Waals surface area (Å²) in [6.45, 7) is 0.394. The van der Waals surface area contributed by atoms with Gasteiger partial charge in [0.05, 0.1) is 27.5 Å². The standard InChI is InChI=1S/C21H19N3O3S2/c1-28-20-10-9-17(14-22-20)23-21(25)16-6-4-7-18(13-16)29(26,27)24-12-11-15-5-2-3-8-19(15)24/h2-10,13-14H,11-12H2,1H3,(H,23,25). The van der Waals surface area contributed by atoms with Crippen molar-refractivity contribution in [1.29, 1.82) is 0 Å². The summed E-state index contributed by atoms with van der Waals surface area (Å²) in [4.78, 5) is 16.9. The van der Waals surface area contributed by atoms with Crippen LogP contribution in [0.2, 0.25) is 0 Å². The molecule has 148 valence electrons. The normalized spacial score (nSPS) is 13.2. The molecule has 1 amide bonds. The highest BCUT2D eigenvalue weighted by Gasteiger charge is 2.30. The first-order chi connectivity index (χ1) is 14.0. The van der Waals surface area contributed by atoms with Crippen molar-refractivity contribution < 1.29 is 13.2 Å². The number of hydrogen-bond acceptors (Lipinski definition) is 5. The number of fused-ring (bicyclic) bond motifs is 1. The molecule has 0 unspecified atom stereocenters. The second kappa shape index (κ2) is 7.88. The number of amides is 1. The van der Waals surface area contributed by atoms with Gasteiger partial charge in [0.15, 0.2) is 0 Å². The van der Waals surface area contributed by atoms with E-state index in [-0.39, 0.29) is 16.4 Å². The van der Waals surface area contributed by atoms with Crippen LogP contribution in [0.3, 0.4) is 0 Å². The summed E-state index contributed by atoms with van der Waals surface area (Å²) in [6, 6.07) is 17.1. The number of hydrogen-bond donors (Lipinski definition) is 1. The third kappa shape index (κ3) is 3.86. The molecule has 0 aliphatic carbocycles. The van der Waals surface area contributed by atoms with Crippen LogP contribution in [0.25, 0.3) is 0 Å². The Labute approximate surface area is 174 Å². The molecule has 0 atom stereocenters. The smallest absolute Gasteiger partial charge is 0.264 e. The Bertz CT molecular complexity index is 1160. The van der Waals surface area contributed by atoms with Crippen molar-refractivity contribution >= 4 is 39.1 Å². The zero-order chi connectivity index (χ0) is 20.4. The Kier molecular flexibility index (Phi) is 5.29. The molecule has 1 aliphatic heterocycles. The maximum atomic E-state index is 13.2. The molecule has 8 heteroatoms. The Hall–Kier alpha value is -2.84. The minimum Gasteiger partial charge on any atom is -0.321 e. The SMILES string of the molecule is CSc1ccc(NC(=O)c2cccc(S(=O)(=O)N3CCc4ccccc43)c2)cn1. The third-order valence-electron chi connectivity index (χ3n) is 4.73. The molecule has 1 N–H and O–H groups in total. The van der Waals surface area contributed by atoms with E-state index >= 15 is 0 Å². The van der Waals surface area contributed by atoms with Crippen LogP contribution in [-0.2, 0) is 16.4 Å². The number of carbonyl (C=O) groups excluding carboxylic acids is 1. The summed E-state index contributed by atoms with van der Waals surface area (Å²) in [5, 5.41) is 3.60. The van der Waals surface area contributed by atoms with Crippen LogP contribution in [0.1, 0.15) is 15.9 Å². The zero-order valence-corrected chi connectivity index (χ0v) is 17.3. The predicted octanol–water partition coefficient (Wildman–Crippen LogP) is 3.81. The van der Waals surface area contributed by atoms with Crippen molar-refractivity contribution in [1.82, 2.24) is 4.98 Å². The Morgan fingerprint density at radius 2 is 1.93 bits per heavy atom. The van der Waals surface area contributed by atoms with Crippen molar-refractivity contribution in [2.75, 3.05) is 22.4 Å². The molecule has 0 radical (unpaired) electrons. The van der Waals surface area contributed by atoms with Crippen LogP contribution in [-0.4, -0.2) is 32.1 Å². The lowest BCUT2D eigenvalue weighted by molar-refractivity contribution is 0.102. The van der Waals surface area contributed by atoms with Gasteiger partial charge >= 0.3 is 0 Å². The maximum absolute atomic E-state index is 13.2. The van der Waals surface area contributed by atoms with Crippen molar-refractivity contribution in [2.45, 2.75) is 16.3 Å². The van der Waals surface area contributed by atoms with E-state index in [4.69, 9.17) is 0 Å². The van der Waals surface area contributed by atoms with Gasteiger partial charge in [-0.1, -0.05) is 24.3 Å². The lowest BCUT2D eigenvalue weighted by atomic mass is 10.2. The van der Waals surface area contributed by atoms with Crippen LogP contribution in [0, 0.1) is 0 Å². The van der Waals surface area contributed by atoms with Gasteiger partial charge < -0.3 is 5.32 Å². The summed E-state index contributed by atoms with van der Waals surface area (Å²) in [5.74, 6) is -0.387. The molecular formula is C21H19N3O3S2. The molecule has 0 fully saturated rings. The predicted molar refractivity (Wildman–Crippen MR) is 115 cm³/mol. The van der Waals surface area contributed by atoms with Crippen molar-refractivity contribution in [3.63, 3.8) is 0 Å². The number of pyridine rings is 1. The van der Waals surface area contributed by atoms with E-state index < -0.39 is 10.0 Å². The van der Waals surface area contributed by atoms with Gasteiger partial charge in [-0.05, 0) is 54.6 Å². The van der Waals surface area contributed by atoms with E-state index in [0.717, 1.165) is 10.6 Å². The number of nitrogens with zero attached hydrogens (tertiary/aromatic N) is 2. The second-order valence-electron chi connectivity index (χ2n) is 6.53. The van der Waals surface area contributed by atoms with Crippen LogP contribution in [0.4, 0.5) is 11.4 Å². The molecule has 6 nitrogen and oxygen atoms in total. The van der Waals surface area contributed by atoms with Gasteiger partial charge in [-0.25, -0.2) is 13.4 Å². The van der Waals surface area contributed by atoms with Crippen molar-refractivity contribution in [2.24, 2.45) is 0 Å². The molecule has 3 aromatic rings. The van der Waals surface area contributed by atoms with Crippen LogP contribution in [0.15, 0.2) is 76.8 Å². The van der Waals surface area contributed by atoms with E-state index in [1.807, 2.05) is 36.6 Å². The van der Waals surface area contributed by atoms with Gasteiger partial charge in [-0.2, -0.15) is 0 Å². The highest BCUT2D eigenvalue weighted by Crippen LogP contribution is 2.32. The average molecular weight is 426 g/mol. The summed E-state index contributed by atoms with van der Waals surface area (Å²) in [5.41, 5.74) is 2.52. The minimum absolute atomic E-state index is 0.0951. The van der Waals surface area contributed by atoms with Crippen LogP contribution < -0.4 is 9.62 Å². The van der Waals surface area contributed by atoms with E-state index in [2.05, 4.69) is 10.3 Å². The van der Waals surface area contributed by atoms with Gasteiger partial charge in [0.1, 0.15) is 0 Å². The minimum atomic E-state index is -3.75. The maximum Gasteiger partial charge on any atom is 0.264 e. The molecule has 0 bridgehead atoms. The summed E-state index contributed by atoms with van der Waals surface area (Å²) in [6.07, 6.45) is 4.17. The number of anilines is 2. The van der Waals surface area contributed by atoms with Gasteiger partial charge in [-0.3, -0.25) is 9.10 Å². The number of aromatic nitrogens is 1. The first kappa shape index (κ1) is 19.5. The number of carbonyl (C=O) groups is 1. The van der Waals surface area contributed by atoms with E-state index in [9.17, 15) is 13.2 Å². The number of para-hydroxylation sites is 1. The molecule has 1 aliphatic rings. The largest absolute Gasteiger partial charge is 0.321 e. The highest BCUT2D eigenvalue weighted by atomic mass is 32.2. The average Bonchev–Trinajstić information content (AvgIpc) is 3.19. The van der Waals surface area contributed by atoms with Gasteiger partial charge in [0.25, 0.3) is 15.9 Å². The number of sulfonamides is 1. The van der Waals surface area contributed by atoms with E-state index in [0.29, 0.717) is 24.3 Å². The van der Waals surface area contributed by atoms with Crippen LogP contribution >= 0.6 is 11.8 Å². The molecule has 2 heterocycles. The van der Waals surface area contributed by atoms with Crippen molar-refractivity contribution in [3.8, 4) is 0 Å². The number of thioether (sulfide) groups is 1. The quantitative estimate of drug-likeness (QED) is 0.629. The number of benzene rings is 2. The lowest BCUT2D eigenvalue weighted by Gasteiger charge is -2.20. The van der Waals surface area contributed by atoms with Crippen molar-refractivity contribution in [3.05, 3.63) is 78.0 Å². The van der Waals surface area contributed by atoms with E-state index in [1.54, 1.807) is 24.4 Å². The fourth-order valence-electron chi connectivity index (χ4n) is 3.26. The highest BCUT2D eigenvalue weighted by molar-refractivity contribution is 7.98. The fraction of sp³-hybridized carbons (Fsp3) is 0.143. The third-order valence-corrected chi connectivity index (χ3v) is 7.20. The van der Waals surface area contributed by atoms with Gasteiger partial charge in [-0.15, -0.1) is 11.8 Å². The zero-order valence-electron chi connectivity index (χ0n) is 15.7. The fourth-order valence-corrected chi connectivity index (χ4v) is 5.17. The molecule has 4 rings (SSSR count).